The fourth-order valence-electron chi connectivity index (χ4n) is 7.28. The number of hydrogen-bond acceptors (Lipinski definition) is 2. The fraction of sp³-hybridized carbons (Fsp3) is 0. The zero-order valence-electron chi connectivity index (χ0n) is 24.8. The predicted molar refractivity (Wildman–Crippen MR) is 191 cm³/mol. The van der Waals surface area contributed by atoms with E-state index in [9.17, 15) is 0 Å². The maximum Gasteiger partial charge on any atom is 0.165 e. The van der Waals surface area contributed by atoms with Gasteiger partial charge in [0.05, 0.1) is 33.1 Å². The summed E-state index contributed by atoms with van der Waals surface area (Å²) in [6, 6.07) is 55.9. The summed E-state index contributed by atoms with van der Waals surface area (Å²) < 4.78 is 4.71. The minimum absolute atomic E-state index is 0.819. The molecule has 0 aliphatic heterocycles. The van der Waals surface area contributed by atoms with Crippen molar-refractivity contribution in [1.29, 1.82) is 0 Å². The molecule has 0 aliphatic rings. The first-order chi connectivity index (χ1) is 22.8. The average Bonchev–Trinajstić information content (AvgIpc) is 3.64. The van der Waals surface area contributed by atoms with Crippen molar-refractivity contribution in [2.75, 3.05) is 0 Å². The molecule has 10 rings (SSSR count). The molecule has 0 fully saturated rings. The molecule has 0 saturated carbocycles. The number of fused-ring (bicyclic) bond motifs is 9. The highest BCUT2D eigenvalue weighted by Gasteiger charge is 2.21. The first-order valence-corrected chi connectivity index (χ1v) is 15.6. The highest BCUT2D eigenvalue weighted by molar-refractivity contribution is 6.22. The van der Waals surface area contributed by atoms with E-state index in [4.69, 9.17) is 9.97 Å². The number of benzene rings is 7. The number of nitrogens with zero attached hydrogens (tertiary/aromatic N) is 4. The Morgan fingerprint density at radius 3 is 1.78 bits per heavy atom. The molecule has 0 N–H and O–H groups in total. The first kappa shape index (κ1) is 25.1. The Morgan fingerprint density at radius 2 is 1.02 bits per heavy atom. The molecular formula is C42H26N4. The van der Waals surface area contributed by atoms with Gasteiger partial charge in [-0.25, -0.2) is 9.97 Å². The van der Waals surface area contributed by atoms with Gasteiger partial charge in [0, 0.05) is 32.8 Å². The van der Waals surface area contributed by atoms with Crippen molar-refractivity contribution < 1.29 is 0 Å². The molecule has 10 aromatic rings. The second-order valence-electron chi connectivity index (χ2n) is 11.8. The van der Waals surface area contributed by atoms with Gasteiger partial charge >= 0.3 is 0 Å². The maximum absolute atomic E-state index is 5.36. The Hall–Kier alpha value is -6.26. The van der Waals surface area contributed by atoms with Crippen LogP contribution in [0.1, 0.15) is 0 Å². The number of para-hydroxylation sites is 4. The lowest BCUT2D eigenvalue weighted by Crippen LogP contribution is -2.04. The Labute approximate surface area is 264 Å². The van der Waals surface area contributed by atoms with Crippen molar-refractivity contribution in [3.63, 3.8) is 0 Å². The molecule has 46 heavy (non-hydrogen) atoms. The van der Waals surface area contributed by atoms with E-state index in [1.165, 1.54) is 43.4 Å². The van der Waals surface area contributed by atoms with Crippen molar-refractivity contribution in [3.8, 4) is 22.8 Å². The topological polar surface area (TPSA) is 35.6 Å². The molecule has 0 atom stereocenters. The van der Waals surface area contributed by atoms with Crippen LogP contribution in [0.3, 0.4) is 0 Å². The summed E-state index contributed by atoms with van der Waals surface area (Å²) in [7, 11) is 0. The molecule has 4 heteroatoms. The number of hydrogen-bond donors (Lipinski definition) is 0. The van der Waals surface area contributed by atoms with Crippen LogP contribution in [-0.2, 0) is 0 Å². The van der Waals surface area contributed by atoms with E-state index >= 15 is 0 Å². The third kappa shape index (κ3) is 3.55. The molecular weight excluding hydrogens is 560 g/mol. The zero-order chi connectivity index (χ0) is 30.2. The molecule has 0 spiro atoms. The number of aromatic nitrogens is 4. The van der Waals surface area contributed by atoms with E-state index in [1.54, 1.807) is 0 Å². The van der Waals surface area contributed by atoms with Gasteiger partial charge in [0.2, 0.25) is 0 Å². The second kappa shape index (κ2) is 9.62. The molecule has 214 valence electrons. The quantitative estimate of drug-likeness (QED) is 0.206. The van der Waals surface area contributed by atoms with Crippen LogP contribution in [0, 0.1) is 0 Å². The van der Waals surface area contributed by atoms with Gasteiger partial charge in [-0.15, -0.1) is 0 Å². The van der Waals surface area contributed by atoms with Crippen LogP contribution in [-0.4, -0.2) is 19.1 Å². The normalized spacial score (nSPS) is 11.9. The van der Waals surface area contributed by atoms with Gasteiger partial charge in [0.25, 0.3) is 0 Å². The van der Waals surface area contributed by atoms with Gasteiger partial charge < -0.3 is 4.57 Å². The molecule has 7 aromatic carbocycles. The first-order valence-electron chi connectivity index (χ1n) is 15.6. The van der Waals surface area contributed by atoms with E-state index < -0.39 is 0 Å². The summed E-state index contributed by atoms with van der Waals surface area (Å²) in [6.07, 6.45) is 0. The summed E-state index contributed by atoms with van der Waals surface area (Å²) in [5.41, 5.74) is 9.31. The lowest BCUT2D eigenvalue weighted by Gasteiger charge is -2.14. The molecule has 0 unspecified atom stereocenters. The van der Waals surface area contributed by atoms with Gasteiger partial charge in [-0.1, -0.05) is 115 Å². The van der Waals surface area contributed by atoms with Crippen molar-refractivity contribution in [2.24, 2.45) is 0 Å². The molecule has 3 aromatic heterocycles. The monoisotopic (exact) mass is 586 g/mol. The predicted octanol–water partition coefficient (Wildman–Crippen LogP) is 10.6. The third-order valence-electron chi connectivity index (χ3n) is 9.29. The van der Waals surface area contributed by atoms with Gasteiger partial charge in [-0.2, -0.15) is 0 Å². The summed E-state index contributed by atoms with van der Waals surface area (Å²) >= 11 is 0. The van der Waals surface area contributed by atoms with Crippen molar-refractivity contribution in [2.45, 2.75) is 0 Å². The largest absolute Gasteiger partial charge is 0.309 e. The van der Waals surface area contributed by atoms with E-state index in [-0.39, 0.29) is 0 Å². The zero-order valence-corrected chi connectivity index (χ0v) is 24.8. The SMILES string of the molecule is c1ccc(-c2nc3ccccc3nc2-n2c3cc(-n4c5ccccc5c5ccccc54)ccc3c3c4ccccc4ccc32)cc1. The fourth-order valence-corrected chi connectivity index (χ4v) is 7.28. The molecule has 3 heterocycles. The molecule has 0 saturated heterocycles. The lowest BCUT2D eigenvalue weighted by atomic mass is 10.0. The van der Waals surface area contributed by atoms with E-state index in [0.717, 1.165) is 44.8 Å². The molecule has 0 aliphatic carbocycles. The Balaban J connectivity index is 1.38. The maximum atomic E-state index is 5.36. The van der Waals surface area contributed by atoms with Crippen LogP contribution in [0.15, 0.2) is 158 Å². The van der Waals surface area contributed by atoms with Crippen LogP contribution in [0.4, 0.5) is 0 Å². The summed E-state index contributed by atoms with van der Waals surface area (Å²) in [5, 5.41) is 7.34. The van der Waals surface area contributed by atoms with Crippen molar-refractivity contribution >= 4 is 65.4 Å². The average molecular weight is 587 g/mol. The summed E-state index contributed by atoms with van der Waals surface area (Å²) in [4.78, 5) is 10.6. The van der Waals surface area contributed by atoms with E-state index in [2.05, 4.69) is 137 Å². The lowest BCUT2D eigenvalue weighted by molar-refractivity contribution is 1.08. The summed E-state index contributed by atoms with van der Waals surface area (Å²) in [6.45, 7) is 0. The van der Waals surface area contributed by atoms with Crippen LogP contribution < -0.4 is 0 Å². The molecule has 0 radical (unpaired) electrons. The van der Waals surface area contributed by atoms with Gasteiger partial charge in [0.15, 0.2) is 5.82 Å². The number of rotatable bonds is 3. The molecule has 4 nitrogen and oxygen atoms in total. The van der Waals surface area contributed by atoms with Gasteiger partial charge in [-0.3, -0.25) is 4.57 Å². The van der Waals surface area contributed by atoms with E-state index in [1.807, 2.05) is 30.3 Å². The summed E-state index contributed by atoms with van der Waals surface area (Å²) in [5.74, 6) is 0.819. The third-order valence-corrected chi connectivity index (χ3v) is 9.29. The van der Waals surface area contributed by atoms with Crippen LogP contribution in [0.2, 0.25) is 0 Å². The van der Waals surface area contributed by atoms with Gasteiger partial charge in [0.1, 0.15) is 5.69 Å². The van der Waals surface area contributed by atoms with Crippen molar-refractivity contribution in [1.82, 2.24) is 19.1 Å². The van der Waals surface area contributed by atoms with Crippen molar-refractivity contribution in [3.05, 3.63) is 158 Å². The molecule has 0 bridgehead atoms. The highest BCUT2D eigenvalue weighted by atomic mass is 15.1. The molecule has 0 amide bonds. The smallest absolute Gasteiger partial charge is 0.165 e. The van der Waals surface area contributed by atoms with Gasteiger partial charge in [-0.05, 0) is 53.2 Å². The second-order valence-corrected chi connectivity index (χ2v) is 11.8. The van der Waals surface area contributed by atoms with E-state index in [0.29, 0.717) is 0 Å². The van der Waals surface area contributed by atoms with Crippen LogP contribution in [0.5, 0.6) is 0 Å². The highest BCUT2D eigenvalue weighted by Crippen LogP contribution is 2.41. The Kier molecular flexibility index (Phi) is 5.25. The minimum atomic E-state index is 0.819. The van der Waals surface area contributed by atoms with Crippen LogP contribution >= 0.6 is 0 Å². The Bertz CT molecular complexity index is 2750. The van der Waals surface area contributed by atoms with Crippen LogP contribution in [0.25, 0.3) is 88.2 Å². The standard InChI is InChI=1S/C42H26N4/c1-2-13-28(14-3-1)41-42(44-35-19-9-8-18-34(35)43-41)46-38-25-22-27-12-4-5-15-30(27)40(38)33-24-23-29(26-39(33)46)45-36-20-10-6-16-31(36)32-17-7-11-21-37(32)45/h1-26H. The minimum Gasteiger partial charge on any atom is -0.309 e. The Morgan fingerprint density at radius 1 is 0.391 bits per heavy atom.